The van der Waals surface area contributed by atoms with Gasteiger partial charge in [0.05, 0.1) is 6.61 Å². The molecule has 3 heteroatoms. The van der Waals surface area contributed by atoms with Gasteiger partial charge in [-0.25, -0.2) is 0 Å². The molecule has 3 nitrogen and oxygen atoms in total. The molecule has 0 aromatic rings. The minimum atomic E-state index is 0.274. The van der Waals surface area contributed by atoms with Crippen LogP contribution >= 0.6 is 0 Å². The van der Waals surface area contributed by atoms with Crippen LogP contribution in [0.1, 0.15) is 40.5 Å². The minimum absolute atomic E-state index is 0.274. The Morgan fingerprint density at radius 1 is 1.47 bits per heavy atom. The van der Waals surface area contributed by atoms with Crippen LogP contribution < -0.4 is 5.32 Å². The van der Waals surface area contributed by atoms with E-state index in [1.807, 2.05) is 0 Å². The normalized spacial score (nSPS) is 40.1. The molecule has 17 heavy (non-hydrogen) atoms. The number of hydrogen-bond donors (Lipinski definition) is 1. The van der Waals surface area contributed by atoms with Gasteiger partial charge in [0, 0.05) is 37.3 Å². The van der Waals surface area contributed by atoms with Crippen LogP contribution in [0, 0.1) is 5.92 Å². The van der Waals surface area contributed by atoms with Crippen molar-refractivity contribution in [2.75, 3.05) is 26.3 Å². The van der Waals surface area contributed by atoms with Crippen LogP contribution in [0.5, 0.6) is 0 Å². The second-order valence-electron chi connectivity index (χ2n) is 6.27. The highest BCUT2D eigenvalue weighted by atomic mass is 16.5. The Kier molecular flexibility index (Phi) is 4.11. The molecule has 0 aromatic carbocycles. The quantitative estimate of drug-likeness (QED) is 0.815. The molecule has 2 aliphatic rings. The lowest BCUT2D eigenvalue weighted by atomic mass is 9.90. The largest absolute Gasteiger partial charge is 0.379 e. The van der Waals surface area contributed by atoms with Gasteiger partial charge in [-0.3, -0.25) is 4.90 Å². The summed E-state index contributed by atoms with van der Waals surface area (Å²) in [4.78, 5) is 2.72. The van der Waals surface area contributed by atoms with Crippen LogP contribution in [0.2, 0.25) is 0 Å². The summed E-state index contributed by atoms with van der Waals surface area (Å²) in [6, 6.07) is 1.31. The molecular formula is C14H28N2O. The van der Waals surface area contributed by atoms with Crippen molar-refractivity contribution >= 4 is 0 Å². The van der Waals surface area contributed by atoms with Gasteiger partial charge < -0.3 is 10.1 Å². The van der Waals surface area contributed by atoms with E-state index in [0.29, 0.717) is 18.0 Å². The van der Waals surface area contributed by atoms with Crippen LogP contribution in [0.3, 0.4) is 0 Å². The SMILES string of the molecule is CCC1CNC(C(C)C)CN1C1(C)CCOC1. The molecule has 0 bridgehead atoms. The molecule has 0 radical (unpaired) electrons. The second kappa shape index (κ2) is 5.25. The first-order valence-corrected chi connectivity index (χ1v) is 7.14. The van der Waals surface area contributed by atoms with Gasteiger partial charge in [0.1, 0.15) is 0 Å². The van der Waals surface area contributed by atoms with Crippen molar-refractivity contribution in [1.29, 1.82) is 0 Å². The summed E-state index contributed by atoms with van der Waals surface area (Å²) in [6.07, 6.45) is 2.42. The van der Waals surface area contributed by atoms with Crippen molar-refractivity contribution in [2.24, 2.45) is 5.92 Å². The molecule has 0 aromatic heterocycles. The maximum atomic E-state index is 5.64. The first-order valence-electron chi connectivity index (χ1n) is 7.14. The van der Waals surface area contributed by atoms with E-state index >= 15 is 0 Å². The summed E-state index contributed by atoms with van der Waals surface area (Å²) in [7, 11) is 0. The monoisotopic (exact) mass is 240 g/mol. The van der Waals surface area contributed by atoms with Crippen molar-refractivity contribution in [2.45, 2.75) is 58.2 Å². The zero-order valence-corrected chi connectivity index (χ0v) is 11.8. The molecule has 3 unspecified atom stereocenters. The van der Waals surface area contributed by atoms with E-state index in [1.54, 1.807) is 0 Å². The highest BCUT2D eigenvalue weighted by molar-refractivity contribution is 4.98. The highest BCUT2D eigenvalue weighted by Gasteiger charge is 2.42. The summed E-state index contributed by atoms with van der Waals surface area (Å²) in [5.41, 5.74) is 0.274. The van der Waals surface area contributed by atoms with Crippen LogP contribution in [0.25, 0.3) is 0 Å². The molecule has 100 valence electrons. The minimum Gasteiger partial charge on any atom is -0.379 e. The molecule has 0 spiro atoms. The van der Waals surface area contributed by atoms with Gasteiger partial charge in [0.15, 0.2) is 0 Å². The van der Waals surface area contributed by atoms with Crippen LogP contribution in [-0.4, -0.2) is 48.8 Å². The second-order valence-corrected chi connectivity index (χ2v) is 6.27. The van der Waals surface area contributed by atoms with Gasteiger partial charge in [-0.2, -0.15) is 0 Å². The highest BCUT2D eigenvalue weighted by Crippen LogP contribution is 2.31. The average Bonchev–Trinajstić information content (AvgIpc) is 2.76. The first-order chi connectivity index (χ1) is 8.07. The lowest BCUT2D eigenvalue weighted by molar-refractivity contribution is 0.00402. The standard InChI is InChI=1S/C14H28N2O/c1-5-12-8-15-13(11(2)3)9-16(12)14(4)6-7-17-10-14/h11-13,15H,5-10H2,1-4H3. The van der Waals surface area contributed by atoms with E-state index < -0.39 is 0 Å². The molecule has 2 fully saturated rings. The molecule has 3 atom stereocenters. The van der Waals surface area contributed by atoms with Crippen LogP contribution in [0.4, 0.5) is 0 Å². The molecule has 0 amide bonds. The van der Waals surface area contributed by atoms with E-state index in [2.05, 4.69) is 37.9 Å². The molecule has 0 aliphatic carbocycles. The zero-order chi connectivity index (χ0) is 12.5. The number of hydrogen-bond acceptors (Lipinski definition) is 3. The molecule has 2 rings (SSSR count). The Morgan fingerprint density at radius 3 is 2.76 bits per heavy atom. The summed E-state index contributed by atoms with van der Waals surface area (Å²) in [6.45, 7) is 13.5. The fourth-order valence-electron chi connectivity index (χ4n) is 3.18. The third-order valence-electron chi connectivity index (χ3n) is 4.62. The maximum absolute atomic E-state index is 5.64. The maximum Gasteiger partial charge on any atom is 0.0648 e. The Balaban J connectivity index is 2.09. The van der Waals surface area contributed by atoms with Gasteiger partial charge in [-0.15, -0.1) is 0 Å². The molecule has 0 saturated carbocycles. The molecular weight excluding hydrogens is 212 g/mol. The van der Waals surface area contributed by atoms with Crippen molar-refractivity contribution < 1.29 is 4.74 Å². The summed E-state index contributed by atoms with van der Waals surface area (Å²) < 4.78 is 5.64. The predicted molar refractivity (Wildman–Crippen MR) is 71.3 cm³/mol. The Morgan fingerprint density at radius 2 is 2.24 bits per heavy atom. The number of ether oxygens (including phenoxy) is 1. The number of nitrogens with zero attached hydrogens (tertiary/aromatic N) is 1. The Labute approximate surface area is 106 Å². The Hall–Kier alpha value is -0.120. The van der Waals surface area contributed by atoms with Gasteiger partial charge >= 0.3 is 0 Å². The predicted octanol–water partition coefficient (Wildman–Crippen LogP) is 1.87. The summed E-state index contributed by atoms with van der Waals surface area (Å²) >= 11 is 0. The average molecular weight is 240 g/mol. The lowest BCUT2D eigenvalue weighted by Crippen LogP contribution is -2.64. The van der Waals surface area contributed by atoms with Crippen molar-refractivity contribution in [3.63, 3.8) is 0 Å². The van der Waals surface area contributed by atoms with Gasteiger partial charge in [0.2, 0.25) is 0 Å². The van der Waals surface area contributed by atoms with Gasteiger partial charge in [0.25, 0.3) is 0 Å². The van der Waals surface area contributed by atoms with E-state index in [0.717, 1.165) is 19.8 Å². The van der Waals surface area contributed by atoms with Crippen LogP contribution in [0.15, 0.2) is 0 Å². The molecule has 2 heterocycles. The smallest absolute Gasteiger partial charge is 0.0648 e. The van der Waals surface area contributed by atoms with E-state index in [4.69, 9.17) is 4.74 Å². The van der Waals surface area contributed by atoms with E-state index in [1.165, 1.54) is 19.4 Å². The fourth-order valence-corrected chi connectivity index (χ4v) is 3.18. The summed E-state index contributed by atoms with van der Waals surface area (Å²) in [5, 5.41) is 3.71. The topological polar surface area (TPSA) is 24.5 Å². The molecule has 2 saturated heterocycles. The molecule has 1 N–H and O–H groups in total. The van der Waals surface area contributed by atoms with Crippen molar-refractivity contribution in [3.05, 3.63) is 0 Å². The number of rotatable bonds is 3. The Bertz CT molecular complexity index is 249. The third kappa shape index (κ3) is 2.67. The van der Waals surface area contributed by atoms with Gasteiger partial charge in [-0.05, 0) is 25.7 Å². The van der Waals surface area contributed by atoms with Gasteiger partial charge in [-0.1, -0.05) is 20.8 Å². The fraction of sp³-hybridized carbons (Fsp3) is 1.00. The zero-order valence-electron chi connectivity index (χ0n) is 11.8. The van der Waals surface area contributed by atoms with E-state index in [9.17, 15) is 0 Å². The third-order valence-corrected chi connectivity index (χ3v) is 4.62. The molecule has 2 aliphatic heterocycles. The van der Waals surface area contributed by atoms with Crippen LogP contribution in [-0.2, 0) is 4.74 Å². The summed E-state index contributed by atoms with van der Waals surface area (Å²) in [5.74, 6) is 0.709. The number of nitrogens with one attached hydrogen (secondary N) is 1. The lowest BCUT2D eigenvalue weighted by Gasteiger charge is -2.49. The van der Waals surface area contributed by atoms with Crippen molar-refractivity contribution in [3.8, 4) is 0 Å². The first kappa shape index (κ1) is 13.3. The number of piperazine rings is 1. The van der Waals surface area contributed by atoms with Crippen molar-refractivity contribution in [1.82, 2.24) is 10.2 Å². The van der Waals surface area contributed by atoms with E-state index in [-0.39, 0.29) is 5.54 Å².